The van der Waals surface area contributed by atoms with E-state index < -0.39 is 28.6 Å². The highest BCUT2D eigenvalue weighted by Crippen LogP contribution is 2.45. The molecule has 1 fully saturated rings. The summed E-state index contributed by atoms with van der Waals surface area (Å²) in [4.78, 5) is 33.7. The quantitative estimate of drug-likeness (QED) is 0.638. The Morgan fingerprint density at radius 3 is 2.90 bits per heavy atom. The maximum atomic E-state index is 13.7. The van der Waals surface area contributed by atoms with Crippen molar-refractivity contribution in [1.82, 2.24) is 29.6 Å². The van der Waals surface area contributed by atoms with Gasteiger partial charge in [-0.2, -0.15) is 5.10 Å². The van der Waals surface area contributed by atoms with Gasteiger partial charge in [0.2, 0.25) is 5.75 Å². The minimum atomic E-state index is -0.716. The Hall–Kier alpha value is -3.60. The number of aromatic nitrogens is 5. The largest absolute Gasteiger partial charge is 0.501 e. The van der Waals surface area contributed by atoms with Crippen LogP contribution in [0.15, 0.2) is 35.6 Å². The van der Waals surface area contributed by atoms with Gasteiger partial charge < -0.3 is 15.2 Å². The molecule has 2 aliphatic rings. The summed E-state index contributed by atoms with van der Waals surface area (Å²) in [5, 5.41) is 17.0. The molecule has 1 saturated carbocycles. The zero-order valence-corrected chi connectivity index (χ0v) is 16.4. The van der Waals surface area contributed by atoms with Crippen molar-refractivity contribution in [2.75, 3.05) is 6.61 Å². The van der Waals surface area contributed by atoms with Crippen LogP contribution in [-0.2, 0) is 23.4 Å². The monoisotopic (exact) mass is 426 g/mol. The third-order valence-electron chi connectivity index (χ3n) is 5.77. The average molecular weight is 426 g/mol. The number of amides is 1. The molecule has 1 aliphatic heterocycles. The molecular weight excluding hydrogens is 407 g/mol. The van der Waals surface area contributed by atoms with Gasteiger partial charge in [-0.1, -0.05) is 6.07 Å². The highest BCUT2D eigenvalue weighted by Gasteiger charge is 2.46. The molecule has 10 nitrogen and oxygen atoms in total. The SMILES string of the molecule is O=C(NCc1ccc(F)cc1-n1cncn1)c1nc2n(c(=O)c1O)CCOC21CCC1. The molecule has 11 heteroatoms. The van der Waals surface area contributed by atoms with Gasteiger partial charge in [0.15, 0.2) is 5.69 Å². The number of nitrogens with zero attached hydrogens (tertiary/aromatic N) is 5. The zero-order chi connectivity index (χ0) is 21.6. The summed E-state index contributed by atoms with van der Waals surface area (Å²) in [7, 11) is 0. The Bertz CT molecular complexity index is 1220. The maximum absolute atomic E-state index is 13.7. The summed E-state index contributed by atoms with van der Waals surface area (Å²) < 4.78 is 22.4. The van der Waals surface area contributed by atoms with E-state index in [1.54, 1.807) is 0 Å². The van der Waals surface area contributed by atoms with Crippen molar-refractivity contribution >= 4 is 5.91 Å². The van der Waals surface area contributed by atoms with Crippen LogP contribution < -0.4 is 10.9 Å². The molecule has 1 aromatic carbocycles. The zero-order valence-electron chi connectivity index (χ0n) is 16.4. The molecule has 0 saturated heterocycles. The summed E-state index contributed by atoms with van der Waals surface area (Å²) in [6, 6.07) is 4.05. The molecule has 0 bridgehead atoms. The second-order valence-electron chi connectivity index (χ2n) is 7.58. The van der Waals surface area contributed by atoms with Crippen molar-refractivity contribution in [1.29, 1.82) is 0 Å². The van der Waals surface area contributed by atoms with E-state index in [9.17, 15) is 19.1 Å². The smallest absolute Gasteiger partial charge is 0.296 e. The summed E-state index contributed by atoms with van der Waals surface area (Å²) in [5.74, 6) is -1.50. The Balaban J connectivity index is 1.44. The molecule has 31 heavy (non-hydrogen) atoms. The molecule has 0 unspecified atom stereocenters. The van der Waals surface area contributed by atoms with E-state index in [4.69, 9.17) is 4.74 Å². The first-order chi connectivity index (χ1) is 15.0. The molecule has 2 N–H and O–H groups in total. The fraction of sp³-hybridized carbons (Fsp3) is 0.350. The molecule has 0 radical (unpaired) electrons. The fourth-order valence-electron chi connectivity index (χ4n) is 4.01. The van der Waals surface area contributed by atoms with Crippen LogP contribution in [0.1, 0.15) is 41.1 Å². The lowest BCUT2D eigenvalue weighted by atomic mass is 9.78. The number of carbonyl (C=O) groups is 1. The molecule has 1 spiro atoms. The van der Waals surface area contributed by atoms with Crippen molar-refractivity contribution in [3.63, 3.8) is 0 Å². The van der Waals surface area contributed by atoms with E-state index in [0.29, 0.717) is 36.5 Å². The van der Waals surface area contributed by atoms with Crippen LogP contribution in [0.4, 0.5) is 4.39 Å². The lowest BCUT2D eigenvalue weighted by molar-refractivity contribution is -0.134. The minimum absolute atomic E-state index is 0.00448. The van der Waals surface area contributed by atoms with Crippen molar-refractivity contribution in [3.8, 4) is 11.4 Å². The van der Waals surface area contributed by atoms with Crippen LogP contribution in [0.3, 0.4) is 0 Å². The first kappa shape index (κ1) is 19.4. The van der Waals surface area contributed by atoms with Gasteiger partial charge in [0.05, 0.1) is 18.8 Å². The van der Waals surface area contributed by atoms with Crippen molar-refractivity contribution in [2.45, 2.75) is 38.0 Å². The summed E-state index contributed by atoms with van der Waals surface area (Å²) in [6.45, 7) is 0.625. The van der Waals surface area contributed by atoms with E-state index in [0.717, 1.165) is 6.42 Å². The molecule has 3 heterocycles. The van der Waals surface area contributed by atoms with E-state index in [1.165, 1.54) is 40.1 Å². The van der Waals surface area contributed by atoms with Gasteiger partial charge in [-0.15, -0.1) is 0 Å². The Kier molecular flexibility index (Phi) is 4.54. The number of rotatable bonds is 4. The number of fused-ring (bicyclic) bond motifs is 2. The molecule has 3 aromatic rings. The second-order valence-corrected chi connectivity index (χ2v) is 7.58. The summed E-state index contributed by atoms with van der Waals surface area (Å²) in [6.07, 6.45) is 5.09. The summed E-state index contributed by atoms with van der Waals surface area (Å²) in [5.41, 5.74) is -0.708. The molecule has 160 valence electrons. The van der Waals surface area contributed by atoms with E-state index in [1.807, 2.05) is 0 Å². The van der Waals surface area contributed by atoms with Gasteiger partial charge in [-0.05, 0) is 37.0 Å². The third kappa shape index (κ3) is 3.17. The topological polar surface area (TPSA) is 124 Å². The molecule has 5 rings (SSSR count). The van der Waals surface area contributed by atoms with Gasteiger partial charge in [0, 0.05) is 6.54 Å². The predicted molar refractivity (Wildman–Crippen MR) is 104 cm³/mol. The normalized spacial score (nSPS) is 16.5. The first-order valence-corrected chi connectivity index (χ1v) is 9.88. The van der Waals surface area contributed by atoms with E-state index in [-0.39, 0.29) is 18.8 Å². The Morgan fingerprint density at radius 2 is 2.19 bits per heavy atom. The number of ether oxygens (including phenoxy) is 1. The minimum Gasteiger partial charge on any atom is -0.501 e. The van der Waals surface area contributed by atoms with Gasteiger partial charge in [-0.3, -0.25) is 14.2 Å². The number of carbonyl (C=O) groups excluding carboxylic acids is 1. The van der Waals surface area contributed by atoms with Crippen LogP contribution in [0.25, 0.3) is 5.69 Å². The molecule has 0 atom stereocenters. The van der Waals surface area contributed by atoms with Crippen LogP contribution in [-0.4, -0.2) is 41.9 Å². The fourth-order valence-corrected chi connectivity index (χ4v) is 4.01. The second kappa shape index (κ2) is 7.27. The van der Waals surface area contributed by atoms with Crippen molar-refractivity contribution < 1.29 is 19.0 Å². The van der Waals surface area contributed by atoms with Crippen LogP contribution in [0.5, 0.6) is 5.75 Å². The molecule has 2 aromatic heterocycles. The van der Waals surface area contributed by atoms with Crippen LogP contribution in [0, 0.1) is 5.82 Å². The average Bonchev–Trinajstić information content (AvgIpc) is 3.28. The van der Waals surface area contributed by atoms with Gasteiger partial charge in [-0.25, -0.2) is 19.0 Å². The Morgan fingerprint density at radius 1 is 1.35 bits per heavy atom. The molecular formula is C20H19FN6O4. The lowest BCUT2D eigenvalue weighted by Crippen LogP contribution is -2.49. The summed E-state index contributed by atoms with van der Waals surface area (Å²) >= 11 is 0. The highest BCUT2D eigenvalue weighted by atomic mass is 19.1. The number of hydrogen-bond acceptors (Lipinski definition) is 7. The van der Waals surface area contributed by atoms with Crippen LogP contribution >= 0.6 is 0 Å². The van der Waals surface area contributed by atoms with Crippen molar-refractivity contribution in [2.24, 2.45) is 0 Å². The maximum Gasteiger partial charge on any atom is 0.296 e. The van der Waals surface area contributed by atoms with Gasteiger partial charge in [0.1, 0.15) is 29.9 Å². The number of aromatic hydroxyl groups is 1. The molecule has 1 amide bonds. The third-order valence-corrected chi connectivity index (χ3v) is 5.77. The number of benzene rings is 1. The predicted octanol–water partition coefficient (Wildman–Crippen LogP) is 1.01. The standard InChI is InChI=1S/C20H19FN6O4/c21-13-3-2-12(14(8-13)27-11-22-10-24-27)9-23-17(29)15-16(28)18(30)26-6-7-31-20(4-1-5-20)19(26)25-15/h2-3,8,10-11,28H,1,4-7,9H2,(H,23,29). The molecule has 1 aliphatic carbocycles. The van der Waals surface area contributed by atoms with Gasteiger partial charge in [0.25, 0.3) is 11.5 Å². The number of nitrogens with one attached hydrogen (secondary N) is 1. The van der Waals surface area contributed by atoms with E-state index in [2.05, 4.69) is 20.4 Å². The highest BCUT2D eigenvalue weighted by molar-refractivity contribution is 5.94. The first-order valence-electron chi connectivity index (χ1n) is 9.88. The van der Waals surface area contributed by atoms with Crippen molar-refractivity contribution in [3.05, 3.63) is 64.1 Å². The number of hydrogen-bond donors (Lipinski definition) is 2. The number of halogens is 1. The Labute approximate surface area is 175 Å². The lowest BCUT2D eigenvalue weighted by Gasteiger charge is -2.44. The van der Waals surface area contributed by atoms with E-state index >= 15 is 0 Å². The van der Waals surface area contributed by atoms with Gasteiger partial charge >= 0.3 is 0 Å². The van der Waals surface area contributed by atoms with Crippen LogP contribution in [0.2, 0.25) is 0 Å².